The first-order chi connectivity index (χ1) is 6.99. The van der Waals surface area contributed by atoms with Gasteiger partial charge in [-0.25, -0.2) is 0 Å². The quantitative estimate of drug-likeness (QED) is 0.648. The van der Waals surface area contributed by atoms with E-state index in [1.54, 1.807) is 0 Å². The van der Waals surface area contributed by atoms with E-state index in [1.165, 1.54) is 13.8 Å². The van der Waals surface area contributed by atoms with Crippen LogP contribution in [-0.4, -0.2) is 42.1 Å². The van der Waals surface area contributed by atoms with Gasteiger partial charge in [0.2, 0.25) is 0 Å². The van der Waals surface area contributed by atoms with Crippen molar-refractivity contribution in [1.82, 2.24) is 0 Å². The summed E-state index contributed by atoms with van der Waals surface area (Å²) in [6.45, 7) is 2.60. The van der Waals surface area contributed by atoms with Gasteiger partial charge in [0.25, 0.3) is 0 Å². The Morgan fingerprint density at radius 3 is 2.60 bits per heavy atom. The predicted octanol–water partition coefficient (Wildman–Crippen LogP) is -0.412. The average molecular weight is 218 g/mol. The minimum Gasteiger partial charge on any atom is -0.463 e. The second kappa shape index (κ2) is 5.09. The fourth-order valence-corrected chi connectivity index (χ4v) is 1.35. The minimum atomic E-state index is -1.14. The highest BCUT2D eigenvalue weighted by atomic mass is 16.7. The summed E-state index contributed by atoms with van der Waals surface area (Å²) in [6.07, 6.45) is -1.92. The lowest BCUT2D eigenvalue weighted by molar-refractivity contribution is -0.170. The van der Waals surface area contributed by atoms with Gasteiger partial charge in [0.05, 0.1) is 6.10 Å². The molecule has 1 saturated heterocycles. The Morgan fingerprint density at radius 1 is 1.40 bits per heavy atom. The number of aliphatic hydroxyl groups excluding tert-OH is 1. The summed E-state index contributed by atoms with van der Waals surface area (Å²) in [5.74, 6) is -0.889. The summed E-state index contributed by atoms with van der Waals surface area (Å²) in [7, 11) is 0. The molecule has 0 amide bonds. The monoisotopic (exact) mass is 218 g/mol. The van der Waals surface area contributed by atoms with E-state index in [9.17, 15) is 14.7 Å². The molecule has 15 heavy (non-hydrogen) atoms. The van der Waals surface area contributed by atoms with Gasteiger partial charge in [-0.15, -0.1) is 0 Å². The Bertz CT molecular complexity index is 251. The van der Waals surface area contributed by atoms with Crippen molar-refractivity contribution >= 4 is 11.9 Å². The van der Waals surface area contributed by atoms with Crippen LogP contribution in [0.1, 0.15) is 20.3 Å². The van der Waals surface area contributed by atoms with Gasteiger partial charge in [0.1, 0.15) is 6.61 Å². The highest BCUT2D eigenvalue weighted by Crippen LogP contribution is 2.21. The molecule has 0 aliphatic carbocycles. The molecule has 1 aliphatic heterocycles. The Kier molecular flexibility index (Phi) is 4.05. The lowest BCUT2D eigenvalue weighted by Gasteiger charge is -2.11. The molecule has 0 aromatic rings. The van der Waals surface area contributed by atoms with Gasteiger partial charge in [0.15, 0.2) is 12.4 Å². The van der Waals surface area contributed by atoms with Gasteiger partial charge in [0, 0.05) is 20.3 Å². The molecular weight excluding hydrogens is 204 g/mol. The van der Waals surface area contributed by atoms with Crippen molar-refractivity contribution < 1.29 is 28.9 Å². The highest BCUT2D eigenvalue weighted by molar-refractivity contribution is 5.66. The third-order valence-electron chi connectivity index (χ3n) is 1.93. The number of rotatable bonds is 3. The summed E-state index contributed by atoms with van der Waals surface area (Å²) in [5, 5.41) is 9.33. The Labute approximate surface area is 87.1 Å². The van der Waals surface area contributed by atoms with Crippen LogP contribution in [-0.2, 0) is 23.8 Å². The molecule has 1 heterocycles. The maximum absolute atomic E-state index is 10.6. The molecule has 86 valence electrons. The van der Waals surface area contributed by atoms with Gasteiger partial charge in [-0.2, -0.15) is 0 Å². The summed E-state index contributed by atoms with van der Waals surface area (Å²) in [6, 6.07) is 0. The minimum absolute atomic E-state index is 0.0597. The molecular formula is C9H14O6. The van der Waals surface area contributed by atoms with Crippen LogP contribution in [0.15, 0.2) is 0 Å². The maximum atomic E-state index is 10.6. The average Bonchev–Trinajstić information content (AvgIpc) is 2.43. The van der Waals surface area contributed by atoms with Crippen LogP contribution in [0.5, 0.6) is 0 Å². The van der Waals surface area contributed by atoms with Crippen molar-refractivity contribution in [3.05, 3.63) is 0 Å². The molecule has 0 bridgehead atoms. The molecule has 1 unspecified atom stereocenters. The third kappa shape index (κ3) is 3.85. The zero-order valence-corrected chi connectivity index (χ0v) is 8.63. The van der Waals surface area contributed by atoms with Gasteiger partial charge in [-0.3, -0.25) is 9.59 Å². The molecule has 3 atom stereocenters. The molecule has 1 rings (SSSR count). The fourth-order valence-electron chi connectivity index (χ4n) is 1.35. The van der Waals surface area contributed by atoms with Crippen LogP contribution in [0.3, 0.4) is 0 Å². The first-order valence-corrected chi connectivity index (χ1v) is 4.63. The molecule has 0 spiro atoms. The lowest BCUT2D eigenvalue weighted by Crippen LogP contribution is -2.25. The topological polar surface area (TPSA) is 82.1 Å². The van der Waals surface area contributed by atoms with Crippen LogP contribution in [0.2, 0.25) is 0 Å². The van der Waals surface area contributed by atoms with Crippen molar-refractivity contribution in [2.45, 2.75) is 38.8 Å². The van der Waals surface area contributed by atoms with Crippen LogP contribution in [0.4, 0.5) is 0 Å². The molecule has 1 aliphatic rings. The van der Waals surface area contributed by atoms with Gasteiger partial charge < -0.3 is 19.3 Å². The van der Waals surface area contributed by atoms with Crippen molar-refractivity contribution in [2.24, 2.45) is 0 Å². The predicted molar refractivity (Wildman–Crippen MR) is 47.7 cm³/mol. The molecule has 1 N–H and O–H groups in total. The van der Waals surface area contributed by atoms with E-state index >= 15 is 0 Å². The largest absolute Gasteiger partial charge is 0.463 e. The van der Waals surface area contributed by atoms with E-state index in [0.717, 1.165) is 0 Å². The number of ether oxygens (including phenoxy) is 3. The number of carbonyl (C=O) groups is 2. The summed E-state index contributed by atoms with van der Waals surface area (Å²) in [5.41, 5.74) is 0. The van der Waals surface area contributed by atoms with E-state index in [1.807, 2.05) is 0 Å². The molecule has 0 radical (unpaired) electrons. The second-order valence-corrected chi connectivity index (χ2v) is 3.33. The van der Waals surface area contributed by atoms with Crippen molar-refractivity contribution in [3.63, 3.8) is 0 Å². The lowest BCUT2D eigenvalue weighted by atomic mass is 10.2. The van der Waals surface area contributed by atoms with Gasteiger partial charge in [-0.1, -0.05) is 0 Å². The number of carbonyl (C=O) groups excluding carboxylic acids is 2. The molecule has 0 aromatic carbocycles. The Morgan fingerprint density at radius 2 is 2.07 bits per heavy atom. The number of hydrogen-bond donors (Lipinski definition) is 1. The zero-order chi connectivity index (χ0) is 11.4. The second-order valence-electron chi connectivity index (χ2n) is 3.33. The standard InChI is InChI=1S/C9H14O6/c1-5(10)13-4-7-3-8(9(12)15-7)14-6(2)11/h7-9,12H,3-4H2,1-2H3/t7-,8+,9?/m1/s1. The van der Waals surface area contributed by atoms with Crippen molar-refractivity contribution in [3.8, 4) is 0 Å². The maximum Gasteiger partial charge on any atom is 0.303 e. The number of esters is 2. The van der Waals surface area contributed by atoms with Crippen LogP contribution >= 0.6 is 0 Å². The molecule has 0 aromatic heterocycles. The van der Waals surface area contributed by atoms with E-state index < -0.39 is 30.4 Å². The summed E-state index contributed by atoms with van der Waals surface area (Å²) in [4.78, 5) is 21.2. The SMILES string of the molecule is CC(=O)OC[C@H]1C[C@H](OC(C)=O)C(O)O1. The zero-order valence-electron chi connectivity index (χ0n) is 8.63. The first-order valence-electron chi connectivity index (χ1n) is 4.63. The third-order valence-corrected chi connectivity index (χ3v) is 1.93. The van der Waals surface area contributed by atoms with Crippen LogP contribution < -0.4 is 0 Å². The van der Waals surface area contributed by atoms with E-state index in [4.69, 9.17) is 14.2 Å². The summed E-state index contributed by atoms with van der Waals surface area (Å²) < 4.78 is 14.5. The number of hydrogen-bond acceptors (Lipinski definition) is 6. The molecule has 1 fully saturated rings. The normalized spacial score (nSPS) is 29.9. The molecule has 6 heteroatoms. The van der Waals surface area contributed by atoms with Crippen molar-refractivity contribution in [2.75, 3.05) is 6.61 Å². The number of aliphatic hydroxyl groups is 1. The van der Waals surface area contributed by atoms with Crippen molar-refractivity contribution in [1.29, 1.82) is 0 Å². The molecule has 0 saturated carbocycles. The smallest absolute Gasteiger partial charge is 0.303 e. The first kappa shape index (κ1) is 11.9. The summed E-state index contributed by atoms with van der Waals surface area (Å²) >= 11 is 0. The van der Waals surface area contributed by atoms with Crippen LogP contribution in [0.25, 0.3) is 0 Å². The fraction of sp³-hybridized carbons (Fsp3) is 0.778. The molecule has 6 nitrogen and oxygen atoms in total. The highest BCUT2D eigenvalue weighted by Gasteiger charge is 2.36. The van der Waals surface area contributed by atoms with E-state index in [-0.39, 0.29) is 6.61 Å². The van der Waals surface area contributed by atoms with E-state index in [0.29, 0.717) is 6.42 Å². The van der Waals surface area contributed by atoms with Crippen LogP contribution in [0, 0.1) is 0 Å². The Hall–Kier alpha value is -1.14. The van der Waals surface area contributed by atoms with E-state index in [2.05, 4.69) is 0 Å². The van der Waals surface area contributed by atoms with Gasteiger partial charge >= 0.3 is 11.9 Å². The Balaban J connectivity index is 2.34. The van der Waals surface area contributed by atoms with Gasteiger partial charge in [-0.05, 0) is 0 Å².